The molecule has 0 radical (unpaired) electrons. The van der Waals surface area contributed by atoms with Crippen molar-refractivity contribution in [2.75, 3.05) is 0 Å². The van der Waals surface area contributed by atoms with Gasteiger partial charge < -0.3 is 5.11 Å². The van der Waals surface area contributed by atoms with Gasteiger partial charge >= 0.3 is 0 Å². The van der Waals surface area contributed by atoms with E-state index in [2.05, 4.69) is 31.9 Å². The largest absolute Gasteiger partial charge is 0.390 e. The van der Waals surface area contributed by atoms with E-state index in [9.17, 15) is 9.90 Å². The number of nitriles is 1. The first-order chi connectivity index (χ1) is 15.7. The highest BCUT2D eigenvalue weighted by atomic mass is 16.3. The van der Waals surface area contributed by atoms with Crippen molar-refractivity contribution in [3.05, 3.63) is 18.0 Å². The first-order valence-corrected chi connectivity index (χ1v) is 13.4. The van der Waals surface area contributed by atoms with Gasteiger partial charge in [-0.2, -0.15) is 10.4 Å². The van der Waals surface area contributed by atoms with Gasteiger partial charge in [0.25, 0.3) is 0 Å². The topological polar surface area (TPSA) is 78.9 Å². The normalized spacial score (nSPS) is 44.8. The molecule has 1 aromatic heterocycles. The molecule has 4 aliphatic rings. The van der Waals surface area contributed by atoms with E-state index in [4.69, 9.17) is 5.26 Å². The summed E-state index contributed by atoms with van der Waals surface area (Å²) in [5.74, 6) is 3.31. The maximum absolute atomic E-state index is 13.4. The quantitative estimate of drug-likeness (QED) is 0.654. The molecule has 0 amide bonds. The van der Waals surface area contributed by atoms with Crippen molar-refractivity contribution < 1.29 is 9.90 Å². The number of aromatic nitrogens is 2. The van der Waals surface area contributed by atoms with Crippen LogP contribution in [0.4, 0.5) is 0 Å². The number of rotatable bonds is 4. The molecule has 4 fully saturated rings. The molecule has 1 heterocycles. The number of Topliss-reactive ketones (excluding diaryl/α,β-unsaturated/α-hetero) is 1. The fraction of sp³-hybridized carbons (Fsp3) is 0.821. The summed E-state index contributed by atoms with van der Waals surface area (Å²) >= 11 is 0. The number of hydrogen-bond acceptors (Lipinski definition) is 4. The summed E-state index contributed by atoms with van der Waals surface area (Å²) in [6, 6.07) is 2.10. The van der Waals surface area contributed by atoms with Crippen molar-refractivity contribution in [3.8, 4) is 6.07 Å². The second-order valence-corrected chi connectivity index (χ2v) is 12.5. The van der Waals surface area contributed by atoms with Crippen LogP contribution in [0.3, 0.4) is 0 Å². The Bertz CT molecular complexity index is 945. The van der Waals surface area contributed by atoms with Crippen molar-refractivity contribution in [3.63, 3.8) is 0 Å². The Balaban J connectivity index is 1.36. The van der Waals surface area contributed by atoms with Crippen molar-refractivity contribution in [2.24, 2.45) is 40.4 Å². The Labute approximate surface area is 198 Å². The smallest absolute Gasteiger partial charge is 0.157 e. The van der Waals surface area contributed by atoms with Crippen LogP contribution in [-0.2, 0) is 11.3 Å². The Morgan fingerprint density at radius 1 is 1.12 bits per heavy atom. The van der Waals surface area contributed by atoms with Crippen molar-refractivity contribution in [1.29, 1.82) is 5.26 Å². The van der Waals surface area contributed by atoms with Crippen LogP contribution < -0.4 is 0 Å². The van der Waals surface area contributed by atoms with Crippen LogP contribution in [0.15, 0.2) is 12.4 Å². The number of carbonyl (C=O) groups is 1. The minimum atomic E-state index is -0.499. The fourth-order valence-electron chi connectivity index (χ4n) is 9.36. The van der Waals surface area contributed by atoms with Crippen molar-refractivity contribution in [2.45, 2.75) is 104 Å². The summed E-state index contributed by atoms with van der Waals surface area (Å²) < 4.78 is 1.65. The lowest BCUT2D eigenvalue weighted by Crippen LogP contribution is -2.53. The number of aliphatic hydroxyl groups is 1. The Hall–Kier alpha value is -1.67. The molecule has 4 saturated carbocycles. The Morgan fingerprint density at radius 3 is 2.67 bits per heavy atom. The van der Waals surface area contributed by atoms with E-state index in [1.165, 1.54) is 44.9 Å². The summed E-state index contributed by atoms with van der Waals surface area (Å²) in [7, 11) is 0. The maximum atomic E-state index is 13.4. The summed E-state index contributed by atoms with van der Waals surface area (Å²) in [6.07, 6.45) is 15.9. The molecule has 0 unspecified atom stereocenters. The maximum Gasteiger partial charge on any atom is 0.157 e. The number of nitrogens with zero attached hydrogens (tertiary/aromatic N) is 3. The first kappa shape index (κ1) is 23.1. The molecule has 0 aromatic carbocycles. The standard InChI is InChI=1S/C28H41N3O2/c1-4-28-14-13-26(2,33)11-9-20(28)5-6-21-22-7-8-24(27(22,3)12-10-23(21)28)25(32)18-31-17-19(15-29)16-30-31/h16-17,20-24,33H,4-14,18H2,1-3H3/t20-,21+,22+,23+,24-,26+,27+,28+/m1/s1. The van der Waals surface area contributed by atoms with Gasteiger partial charge in [-0.1, -0.05) is 13.8 Å². The van der Waals surface area contributed by atoms with Gasteiger partial charge in [0, 0.05) is 12.1 Å². The lowest BCUT2D eigenvalue weighted by Gasteiger charge is -2.60. The third-order valence-corrected chi connectivity index (χ3v) is 11.1. The molecular weight excluding hydrogens is 410 g/mol. The fourth-order valence-corrected chi connectivity index (χ4v) is 9.36. The van der Waals surface area contributed by atoms with E-state index in [0.29, 0.717) is 29.2 Å². The van der Waals surface area contributed by atoms with E-state index in [-0.39, 0.29) is 11.3 Å². The number of fused-ring (bicyclic) bond motifs is 5. The van der Waals surface area contributed by atoms with E-state index in [1.807, 2.05) is 0 Å². The van der Waals surface area contributed by atoms with Gasteiger partial charge in [-0.25, -0.2) is 0 Å². The zero-order valence-electron chi connectivity index (χ0n) is 20.7. The van der Waals surface area contributed by atoms with Gasteiger partial charge in [0.2, 0.25) is 0 Å². The summed E-state index contributed by atoms with van der Waals surface area (Å²) in [4.78, 5) is 13.4. The molecule has 180 valence electrons. The van der Waals surface area contributed by atoms with Gasteiger partial charge in [-0.3, -0.25) is 9.48 Å². The third kappa shape index (κ3) is 3.68. The number of carbonyl (C=O) groups excluding carboxylic acids is 1. The number of ketones is 1. The lowest BCUT2D eigenvalue weighted by atomic mass is 9.45. The van der Waals surface area contributed by atoms with E-state index >= 15 is 0 Å². The van der Waals surface area contributed by atoms with Crippen LogP contribution in [0.2, 0.25) is 0 Å². The monoisotopic (exact) mass is 451 g/mol. The van der Waals surface area contributed by atoms with Crippen LogP contribution >= 0.6 is 0 Å². The van der Waals surface area contributed by atoms with E-state index in [0.717, 1.165) is 43.4 Å². The molecule has 0 saturated heterocycles. The predicted octanol–water partition coefficient (Wildman–Crippen LogP) is 5.51. The Morgan fingerprint density at radius 2 is 1.94 bits per heavy atom. The highest BCUT2D eigenvalue weighted by molar-refractivity contribution is 5.82. The number of hydrogen-bond donors (Lipinski definition) is 1. The second-order valence-electron chi connectivity index (χ2n) is 12.5. The van der Waals surface area contributed by atoms with Gasteiger partial charge in [0.05, 0.1) is 23.9 Å². The summed E-state index contributed by atoms with van der Waals surface area (Å²) in [6.45, 7) is 7.16. The van der Waals surface area contributed by atoms with Crippen LogP contribution in [0.5, 0.6) is 0 Å². The summed E-state index contributed by atoms with van der Waals surface area (Å²) in [5, 5.41) is 24.2. The van der Waals surface area contributed by atoms with Gasteiger partial charge in [0.1, 0.15) is 6.07 Å². The Kier molecular flexibility index (Phi) is 5.75. The van der Waals surface area contributed by atoms with Gasteiger partial charge in [0.15, 0.2) is 5.78 Å². The molecule has 5 rings (SSSR count). The molecule has 5 nitrogen and oxygen atoms in total. The van der Waals surface area contributed by atoms with Crippen LogP contribution in [0.1, 0.15) is 97.0 Å². The SMILES string of the molecule is CC[C@]12CC[C@@](C)(O)CC[C@H]1CC[C@H]1[C@@H]3CC[C@H](C(=O)Cn4cc(C#N)cn4)[C@@]3(C)CC[C@@H]12. The molecule has 0 bridgehead atoms. The molecule has 0 spiro atoms. The molecule has 4 aliphatic carbocycles. The minimum absolute atomic E-state index is 0.0987. The van der Waals surface area contributed by atoms with E-state index in [1.54, 1.807) is 17.1 Å². The van der Waals surface area contributed by atoms with Crippen LogP contribution in [0.25, 0.3) is 0 Å². The molecular formula is C28H41N3O2. The van der Waals surface area contributed by atoms with E-state index < -0.39 is 5.60 Å². The zero-order valence-corrected chi connectivity index (χ0v) is 20.7. The second kappa shape index (κ2) is 8.22. The molecule has 1 N–H and O–H groups in total. The van der Waals surface area contributed by atoms with Crippen molar-refractivity contribution >= 4 is 5.78 Å². The first-order valence-electron chi connectivity index (χ1n) is 13.4. The third-order valence-electron chi connectivity index (χ3n) is 11.1. The summed E-state index contributed by atoms with van der Waals surface area (Å²) in [5.41, 5.74) is 0.501. The van der Waals surface area contributed by atoms with Crippen molar-refractivity contribution in [1.82, 2.24) is 9.78 Å². The molecule has 5 heteroatoms. The molecule has 33 heavy (non-hydrogen) atoms. The van der Waals surface area contributed by atoms with Crippen LogP contribution in [-0.4, -0.2) is 26.3 Å². The zero-order chi connectivity index (χ0) is 23.4. The highest BCUT2D eigenvalue weighted by Gasteiger charge is 2.61. The average Bonchev–Trinajstić information content (AvgIpc) is 3.36. The molecule has 8 atom stereocenters. The lowest BCUT2D eigenvalue weighted by molar-refractivity contribution is -0.135. The average molecular weight is 452 g/mol. The highest BCUT2D eigenvalue weighted by Crippen LogP contribution is 2.68. The predicted molar refractivity (Wildman–Crippen MR) is 127 cm³/mol. The van der Waals surface area contributed by atoms with Crippen LogP contribution in [0, 0.1) is 51.8 Å². The molecule has 0 aliphatic heterocycles. The van der Waals surface area contributed by atoms with Gasteiger partial charge in [-0.05, 0) is 112 Å². The molecule has 1 aromatic rings. The van der Waals surface area contributed by atoms with Gasteiger partial charge in [-0.15, -0.1) is 0 Å². The minimum Gasteiger partial charge on any atom is -0.390 e.